The van der Waals surface area contributed by atoms with Crippen LogP contribution < -0.4 is 0 Å². The number of nitrogens with zero attached hydrogens (tertiary/aromatic N) is 4. The van der Waals surface area contributed by atoms with Gasteiger partial charge in [-0.1, -0.05) is 5.16 Å². The maximum absolute atomic E-state index is 10.4. The number of aryl methyl sites for hydroxylation is 2. The van der Waals surface area contributed by atoms with Gasteiger partial charge in [0.25, 0.3) is 0 Å². The largest absolute Gasteiger partial charge is 0.481 e. The van der Waals surface area contributed by atoms with Crippen molar-refractivity contribution in [1.29, 1.82) is 0 Å². The Morgan fingerprint density at radius 1 is 1.37 bits per heavy atom. The quantitative estimate of drug-likeness (QED) is 0.789. The van der Waals surface area contributed by atoms with E-state index in [4.69, 9.17) is 9.63 Å². The van der Waals surface area contributed by atoms with Crippen LogP contribution in [-0.4, -0.2) is 31.2 Å². The highest BCUT2D eigenvalue weighted by Gasteiger charge is 2.10. The number of aliphatic carboxylic acids is 1. The smallest absolute Gasteiger partial charge is 0.303 e. The molecule has 19 heavy (non-hydrogen) atoms. The number of aromatic nitrogens is 4. The third-order valence-electron chi connectivity index (χ3n) is 2.50. The second-order valence-electron chi connectivity index (χ2n) is 4.10. The van der Waals surface area contributed by atoms with Crippen LogP contribution in [0.1, 0.15) is 31.0 Å². The number of carbonyl (C=O) groups is 1. The van der Waals surface area contributed by atoms with Gasteiger partial charge in [-0.05, 0) is 25.8 Å². The first-order valence-corrected chi connectivity index (χ1v) is 5.99. The highest BCUT2D eigenvalue weighted by atomic mass is 16.5. The van der Waals surface area contributed by atoms with Gasteiger partial charge in [-0.2, -0.15) is 4.98 Å². The van der Waals surface area contributed by atoms with E-state index in [-0.39, 0.29) is 6.42 Å². The average molecular weight is 262 g/mol. The molecule has 0 fully saturated rings. The lowest BCUT2D eigenvalue weighted by atomic mass is 10.2. The fourth-order valence-corrected chi connectivity index (χ4v) is 1.59. The summed E-state index contributed by atoms with van der Waals surface area (Å²) in [6, 6.07) is 1.71. The van der Waals surface area contributed by atoms with Crippen LogP contribution in [0.5, 0.6) is 0 Å². The van der Waals surface area contributed by atoms with E-state index in [1.807, 2.05) is 0 Å². The molecule has 2 aromatic heterocycles. The summed E-state index contributed by atoms with van der Waals surface area (Å²) in [6.45, 7) is 1.79. The number of rotatable bonds is 6. The Hall–Kier alpha value is -2.31. The number of unbranched alkanes of at least 4 members (excludes halogenated alkanes) is 1. The van der Waals surface area contributed by atoms with E-state index in [0.29, 0.717) is 42.5 Å². The molecule has 2 rings (SSSR count). The molecule has 0 aliphatic carbocycles. The summed E-state index contributed by atoms with van der Waals surface area (Å²) in [5.41, 5.74) is 0.619. The zero-order valence-corrected chi connectivity index (χ0v) is 10.5. The van der Waals surface area contributed by atoms with Crippen LogP contribution in [0, 0.1) is 6.92 Å². The molecule has 0 unspecified atom stereocenters. The zero-order valence-electron chi connectivity index (χ0n) is 10.5. The maximum Gasteiger partial charge on any atom is 0.303 e. The predicted octanol–water partition coefficient (Wildman–Crippen LogP) is 1.63. The number of hydrogen-bond donors (Lipinski definition) is 1. The lowest BCUT2D eigenvalue weighted by Gasteiger charge is -1.94. The van der Waals surface area contributed by atoms with Crippen molar-refractivity contribution in [3.8, 4) is 11.5 Å². The Labute approximate surface area is 109 Å². The fraction of sp³-hybridized carbons (Fsp3) is 0.417. The van der Waals surface area contributed by atoms with Gasteiger partial charge in [-0.15, -0.1) is 0 Å². The van der Waals surface area contributed by atoms with E-state index in [1.165, 1.54) is 0 Å². The third kappa shape index (κ3) is 3.84. The van der Waals surface area contributed by atoms with Gasteiger partial charge in [0, 0.05) is 19.0 Å². The Kier molecular flexibility index (Phi) is 4.17. The van der Waals surface area contributed by atoms with Gasteiger partial charge in [0.15, 0.2) is 0 Å². The summed E-state index contributed by atoms with van der Waals surface area (Å²) >= 11 is 0. The van der Waals surface area contributed by atoms with E-state index in [2.05, 4.69) is 20.1 Å². The Morgan fingerprint density at radius 3 is 2.95 bits per heavy atom. The van der Waals surface area contributed by atoms with Gasteiger partial charge < -0.3 is 9.63 Å². The molecule has 2 aromatic rings. The van der Waals surface area contributed by atoms with Gasteiger partial charge in [-0.3, -0.25) is 4.79 Å². The van der Waals surface area contributed by atoms with E-state index < -0.39 is 5.97 Å². The SMILES string of the molecule is Cc1nccc(-c2noc(CCCCC(=O)O)n2)n1. The van der Waals surface area contributed by atoms with Crippen molar-refractivity contribution in [2.24, 2.45) is 0 Å². The van der Waals surface area contributed by atoms with Crippen LogP contribution in [-0.2, 0) is 11.2 Å². The summed E-state index contributed by atoms with van der Waals surface area (Å²) in [4.78, 5) is 22.8. The second-order valence-corrected chi connectivity index (χ2v) is 4.10. The molecule has 0 spiro atoms. The van der Waals surface area contributed by atoms with Crippen molar-refractivity contribution in [3.63, 3.8) is 0 Å². The summed E-state index contributed by atoms with van der Waals surface area (Å²) in [7, 11) is 0. The van der Waals surface area contributed by atoms with Gasteiger partial charge in [0.1, 0.15) is 11.5 Å². The van der Waals surface area contributed by atoms with Crippen LogP contribution in [0.3, 0.4) is 0 Å². The van der Waals surface area contributed by atoms with Crippen LogP contribution in [0.25, 0.3) is 11.5 Å². The number of carboxylic acid groups (broad SMARTS) is 1. The minimum absolute atomic E-state index is 0.159. The van der Waals surface area contributed by atoms with E-state index in [9.17, 15) is 4.79 Å². The molecule has 0 aromatic carbocycles. The molecular weight excluding hydrogens is 248 g/mol. The summed E-state index contributed by atoms with van der Waals surface area (Å²) in [6.07, 6.45) is 3.67. The predicted molar refractivity (Wildman–Crippen MR) is 65.3 cm³/mol. The molecule has 0 aliphatic heterocycles. The van der Waals surface area contributed by atoms with Crippen molar-refractivity contribution in [3.05, 3.63) is 24.0 Å². The molecule has 0 bridgehead atoms. The lowest BCUT2D eigenvalue weighted by molar-refractivity contribution is -0.137. The Balaban J connectivity index is 1.94. The minimum atomic E-state index is -0.789. The average Bonchev–Trinajstić information content (AvgIpc) is 2.83. The molecule has 7 nitrogen and oxygen atoms in total. The van der Waals surface area contributed by atoms with E-state index in [0.717, 1.165) is 0 Å². The molecule has 2 heterocycles. The molecule has 0 saturated carbocycles. The van der Waals surface area contributed by atoms with Gasteiger partial charge in [0.2, 0.25) is 11.7 Å². The molecule has 0 radical (unpaired) electrons. The van der Waals surface area contributed by atoms with Crippen LogP contribution in [0.15, 0.2) is 16.8 Å². The molecular formula is C12H14N4O3. The highest BCUT2D eigenvalue weighted by Crippen LogP contribution is 2.13. The Bertz CT molecular complexity index is 568. The van der Waals surface area contributed by atoms with Crippen molar-refractivity contribution in [1.82, 2.24) is 20.1 Å². The van der Waals surface area contributed by atoms with Crippen molar-refractivity contribution >= 4 is 5.97 Å². The van der Waals surface area contributed by atoms with E-state index >= 15 is 0 Å². The van der Waals surface area contributed by atoms with Crippen molar-refractivity contribution in [2.45, 2.75) is 32.6 Å². The molecule has 1 N–H and O–H groups in total. The van der Waals surface area contributed by atoms with E-state index in [1.54, 1.807) is 19.2 Å². The van der Waals surface area contributed by atoms with Crippen LogP contribution >= 0.6 is 0 Å². The van der Waals surface area contributed by atoms with Crippen LogP contribution in [0.2, 0.25) is 0 Å². The Morgan fingerprint density at radius 2 is 2.21 bits per heavy atom. The minimum Gasteiger partial charge on any atom is -0.481 e. The topological polar surface area (TPSA) is 102 Å². The van der Waals surface area contributed by atoms with Crippen LogP contribution in [0.4, 0.5) is 0 Å². The second kappa shape index (κ2) is 6.03. The summed E-state index contributed by atoms with van der Waals surface area (Å²) in [5.74, 6) is 0.781. The molecule has 100 valence electrons. The molecule has 0 atom stereocenters. The van der Waals surface area contributed by atoms with Gasteiger partial charge in [0.05, 0.1) is 0 Å². The first-order chi connectivity index (χ1) is 9.15. The monoisotopic (exact) mass is 262 g/mol. The molecule has 7 heteroatoms. The first-order valence-electron chi connectivity index (χ1n) is 5.99. The molecule has 0 aliphatic rings. The number of carboxylic acids is 1. The standard InChI is InChI=1S/C12H14N4O3/c1-8-13-7-6-9(14-8)12-15-10(19-16-12)4-2-3-5-11(17)18/h6-7H,2-5H2,1H3,(H,17,18). The third-order valence-corrected chi connectivity index (χ3v) is 2.50. The van der Waals surface area contributed by atoms with Gasteiger partial charge >= 0.3 is 5.97 Å². The molecule has 0 amide bonds. The number of hydrogen-bond acceptors (Lipinski definition) is 6. The van der Waals surface area contributed by atoms with Crippen molar-refractivity contribution < 1.29 is 14.4 Å². The zero-order chi connectivity index (χ0) is 13.7. The summed E-state index contributed by atoms with van der Waals surface area (Å²) in [5, 5.41) is 12.4. The summed E-state index contributed by atoms with van der Waals surface area (Å²) < 4.78 is 5.10. The normalized spacial score (nSPS) is 10.6. The molecule has 0 saturated heterocycles. The first kappa shape index (κ1) is 13.1. The highest BCUT2D eigenvalue weighted by molar-refractivity contribution is 5.66. The van der Waals surface area contributed by atoms with Crippen molar-refractivity contribution in [2.75, 3.05) is 0 Å². The van der Waals surface area contributed by atoms with Gasteiger partial charge in [-0.25, -0.2) is 9.97 Å². The lowest BCUT2D eigenvalue weighted by Crippen LogP contribution is -1.95. The maximum atomic E-state index is 10.4. The fourth-order valence-electron chi connectivity index (χ4n) is 1.59.